The van der Waals surface area contributed by atoms with Crippen LogP contribution in [0.1, 0.15) is 22.7 Å². The van der Waals surface area contributed by atoms with Crippen molar-refractivity contribution >= 4 is 0 Å². The Morgan fingerprint density at radius 2 is 1.89 bits per heavy atom. The highest BCUT2D eigenvalue weighted by Crippen LogP contribution is 2.29. The Hall–Kier alpha value is -1.82. The third kappa shape index (κ3) is 3.35. The summed E-state index contributed by atoms with van der Waals surface area (Å²) in [7, 11) is 1.79. The molecule has 1 aromatic carbocycles. The van der Waals surface area contributed by atoms with Crippen molar-refractivity contribution in [2.45, 2.75) is 18.6 Å². The first-order valence-electron chi connectivity index (χ1n) is 5.76. The lowest BCUT2D eigenvalue weighted by Crippen LogP contribution is -2.13. The van der Waals surface area contributed by atoms with E-state index >= 15 is 0 Å². The van der Waals surface area contributed by atoms with Crippen LogP contribution in [0.5, 0.6) is 0 Å². The average molecular weight is 269 g/mol. The predicted octanol–water partition coefficient (Wildman–Crippen LogP) is 2.68. The van der Waals surface area contributed by atoms with Crippen LogP contribution in [-0.2, 0) is 19.6 Å². The van der Waals surface area contributed by atoms with Gasteiger partial charge in [0.1, 0.15) is 0 Å². The van der Waals surface area contributed by atoms with Crippen LogP contribution in [0.2, 0.25) is 0 Å². The van der Waals surface area contributed by atoms with E-state index in [4.69, 9.17) is 5.73 Å². The van der Waals surface area contributed by atoms with E-state index in [0.29, 0.717) is 6.42 Å². The molecule has 2 aromatic rings. The molecule has 1 heterocycles. The molecule has 3 nitrogen and oxygen atoms in total. The van der Waals surface area contributed by atoms with Crippen LogP contribution in [0.3, 0.4) is 0 Å². The number of hydrogen-bond donors (Lipinski definition) is 1. The number of halogens is 3. The highest BCUT2D eigenvalue weighted by molar-refractivity contribution is 5.26. The van der Waals surface area contributed by atoms with Crippen LogP contribution in [0, 0.1) is 0 Å². The van der Waals surface area contributed by atoms with Gasteiger partial charge in [0.05, 0.1) is 11.8 Å². The standard InChI is InChI=1S/C13H14F3N3/c1-19-8-10(7-18-19)12(17)6-9-2-4-11(5-3-9)13(14,15)16/h2-5,7-8,12H,6,17H2,1H3. The topological polar surface area (TPSA) is 43.8 Å². The summed E-state index contributed by atoms with van der Waals surface area (Å²) < 4.78 is 38.9. The van der Waals surface area contributed by atoms with E-state index < -0.39 is 11.7 Å². The largest absolute Gasteiger partial charge is 0.416 e. The van der Waals surface area contributed by atoms with Gasteiger partial charge in [-0.15, -0.1) is 0 Å². The summed E-state index contributed by atoms with van der Waals surface area (Å²) in [5.74, 6) is 0. The van der Waals surface area contributed by atoms with Gasteiger partial charge in [0, 0.05) is 24.8 Å². The lowest BCUT2D eigenvalue weighted by Gasteiger charge is -2.11. The highest BCUT2D eigenvalue weighted by atomic mass is 19.4. The lowest BCUT2D eigenvalue weighted by atomic mass is 10.0. The number of alkyl halides is 3. The molecular formula is C13H14F3N3. The molecule has 2 N–H and O–H groups in total. The highest BCUT2D eigenvalue weighted by Gasteiger charge is 2.29. The predicted molar refractivity (Wildman–Crippen MR) is 65.3 cm³/mol. The zero-order chi connectivity index (χ0) is 14.0. The summed E-state index contributed by atoms with van der Waals surface area (Å²) in [4.78, 5) is 0. The minimum absolute atomic E-state index is 0.273. The zero-order valence-electron chi connectivity index (χ0n) is 10.4. The fourth-order valence-corrected chi connectivity index (χ4v) is 1.83. The first-order chi connectivity index (χ1) is 8.86. The van der Waals surface area contributed by atoms with Crippen LogP contribution in [0.25, 0.3) is 0 Å². The van der Waals surface area contributed by atoms with Gasteiger partial charge < -0.3 is 5.73 Å². The molecule has 2 rings (SSSR count). The van der Waals surface area contributed by atoms with Crippen LogP contribution in [0.15, 0.2) is 36.7 Å². The molecule has 102 valence electrons. The number of aromatic nitrogens is 2. The fraction of sp³-hybridized carbons (Fsp3) is 0.308. The summed E-state index contributed by atoms with van der Waals surface area (Å²) in [5.41, 5.74) is 6.97. The number of benzene rings is 1. The smallest absolute Gasteiger partial charge is 0.324 e. The average Bonchev–Trinajstić information content (AvgIpc) is 2.75. The van der Waals surface area contributed by atoms with Crippen molar-refractivity contribution in [3.8, 4) is 0 Å². The van der Waals surface area contributed by atoms with Crippen LogP contribution < -0.4 is 5.73 Å². The Kier molecular flexibility index (Phi) is 3.61. The first-order valence-corrected chi connectivity index (χ1v) is 5.76. The molecule has 0 bridgehead atoms. The van der Waals surface area contributed by atoms with Crippen LogP contribution in [0.4, 0.5) is 13.2 Å². The molecule has 1 aromatic heterocycles. The van der Waals surface area contributed by atoms with E-state index in [0.717, 1.165) is 23.3 Å². The molecule has 0 aliphatic carbocycles. The van der Waals surface area contributed by atoms with Gasteiger partial charge in [-0.3, -0.25) is 4.68 Å². The molecule has 0 amide bonds. The number of hydrogen-bond acceptors (Lipinski definition) is 2. The molecule has 0 aliphatic heterocycles. The van der Waals surface area contributed by atoms with Gasteiger partial charge in [-0.05, 0) is 24.1 Å². The maximum absolute atomic E-state index is 12.4. The molecule has 1 atom stereocenters. The Balaban J connectivity index is 2.07. The summed E-state index contributed by atoms with van der Waals surface area (Å²) >= 11 is 0. The minimum atomic E-state index is -4.30. The SMILES string of the molecule is Cn1cc(C(N)Cc2ccc(C(F)(F)F)cc2)cn1. The Bertz CT molecular complexity index is 543. The monoisotopic (exact) mass is 269 g/mol. The second-order valence-corrected chi connectivity index (χ2v) is 4.45. The normalized spacial score (nSPS) is 13.5. The lowest BCUT2D eigenvalue weighted by molar-refractivity contribution is -0.137. The molecule has 0 fully saturated rings. The molecule has 0 saturated carbocycles. The summed E-state index contributed by atoms with van der Waals surface area (Å²) in [6.07, 6.45) is -0.364. The third-order valence-electron chi connectivity index (χ3n) is 2.89. The van der Waals surface area contributed by atoms with E-state index in [1.165, 1.54) is 12.1 Å². The summed E-state index contributed by atoms with van der Waals surface area (Å²) in [6.45, 7) is 0. The van der Waals surface area contributed by atoms with Crippen molar-refractivity contribution in [2.75, 3.05) is 0 Å². The zero-order valence-corrected chi connectivity index (χ0v) is 10.4. The molecule has 1 unspecified atom stereocenters. The molecule has 0 spiro atoms. The summed E-state index contributed by atoms with van der Waals surface area (Å²) in [6, 6.07) is 4.79. The molecular weight excluding hydrogens is 255 g/mol. The van der Waals surface area contributed by atoms with E-state index in [1.54, 1.807) is 24.1 Å². The van der Waals surface area contributed by atoms with Crippen molar-refractivity contribution in [3.05, 3.63) is 53.3 Å². The maximum Gasteiger partial charge on any atom is 0.416 e. The van der Waals surface area contributed by atoms with Gasteiger partial charge >= 0.3 is 6.18 Å². The maximum atomic E-state index is 12.4. The number of nitrogens with zero attached hydrogens (tertiary/aromatic N) is 2. The van der Waals surface area contributed by atoms with Gasteiger partial charge in [-0.1, -0.05) is 12.1 Å². The van der Waals surface area contributed by atoms with Gasteiger partial charge in [0.25, 0.3) is 0 Å². The van der Waals surface area contributed by atoms with Crippen molar-refractivity contribution in [3.63, 3.8) is 0 Å². The number of aryl methyl sites for hydroxylation is 1. The van der Waals surface area contributed by atoms with Crippen LogP contribution in [-0.4, -0.2) is 9.78 Å². The van der Waals surface area contributed by atoms with Crippen molar-refractivity contribution < 1.29 is 13.2 Å². The molecule has 19 heavy (non-hydrogen) atoms. The molecule has 0 aliphatic rings. The van der Waals surface area contributed by atoms with Crippen molar-refractivity contribution in [2.24, 2.45) is 12.8 Å². The Morgan fingerprint density at radius 3 is 2.37 bits per heavy atom. The molecule has 0 saturated heterocycles. The minimum Gasteiger partial charge on any atom is -0.324 e. The van der Waals surface area contributed by atoms with Crippen molar-refractivity contribution in [1.29, 1.82) is 0 Å². The second-order valence-electron chi connectivity index (χ2n) is 4.45. The Labute approximate surface area is 108 Å². The number of nitrogens with two attached hydrogens (primary N) is 1. The first kappa shape index (κ1) is 13.6. The number of rotatable bonds is 3. The van der Waals surface area contributed by atoms with Crippen molar-refractivity contribution in [1.82, 2.24) is 9.78 Å². The summed E-state index contributed by atoms with van der Waals surface area (Å²) in [5, 5.41) is 4.01. The fourth-order valence-electron chi connectivity index (χ4n) is 1.83. The third-order valence-corrected chi connectivity index (χ3v) is 2.89. The van der Waals surface area contributed by atoms with Gasteiger partial charge in [0.2, 0.25) is 0 Å². The molecule has 6 heteroatoms. The van der Waals surface area contributed by atoms with E-state index in [9.17, 15) is 13.2 Å². The van der Waals surface area contributed by atoms with E-state index in [2.05, 4.69) is 5.10 Å². The van der Waals surface area contributed by atoms with Gasteiger partial charge in [-0.25, -0.2) is 0 Å². The van der Waals surface area contributed by atoms with E-state index in [-0.39, 0.29) is 6.04 Å². The van der Waals surface area contributed by atoms with Gasteiger partial charge in [0.15, 0.2) is 0 Å². The van der Waals surface area contributed by atoms with E-state index in [1.807, 2.05) is 0 Å². The quantitative estimate of drug-likeness (QED) is 0.931. The van der Waals surface area contributed by atoms with Gasteiger partial charge in [-0.2, -0.15) is 18.3 Å². The second kappa shape index (κ2) is 5.05. The Morgan fingerprint density at radius 1 is 1.26 bits per heavy atom. The van der Waals surface area contributed by atoms with Crippen LogP contribution >= 0.6 is 0 Å². The molecule has 0 radical (unpaired) electrons.